The molecule has 0 N–H and O–H groups in total. The van der Waals surface area contributed by atoms with Crippen LogP contribution >= 0.6 is 0 Å². The summed E-state index contributed by atoms with van der Waals surface area (Å²) in [5, 5.41) is 0. The van der Waals surface area contributed by atoms with Gasteiger partial charge in [-0.15, -0.1) is 0 Å². The first-order valence-electron chi connectivity index (χ1n) is 5.76. The van der Waals surface area contributed by atoms with Gasteiger partial charge < -0.3 is 4.74 Å². The summed E-state index contributed by atoms with van der Waals surface area (Å²) in [4.78, 5) is 2.25. The van der Waals surface area contributed by atoms with Crippen molar-refractivity contribution in [1.29, 1.82) is 0 Å². The summed E-state index contributed by atoms with van der Waals surface area (Å²) in [7, 11) is 0. The van der Waals surface area contributed by atoms with E-state index in [1.807, 2.05) is 12.1 Å². The number of hydrogen-bond donors (Lipinski definition) is 0. The molecule has 0 saturated carbocycles. The zero-order valence-corrected chi connectivity index (χ0v) is 9.82. The molecule has 3 heteroatoms. The highest BCUT2D eigenvalue weighted by atomic mass is 19.1. The van der Waals surface area contributed by atoms with Crippen molar-refractivity contribution in [3.05, 3.63) is 35.6 Å². The fourth-order valence-corrected chi connectivity index (χ4v) is 2.28. The molecule has 1 aromatic rings. The average Bonchev–Trinajstić information content (AvgIpc) is 2.20. The summed E-state index contributed by atoms with van der Waals surface area (Å²) >= 11 is 0. The minimum atomic E-state index is -0.116. The van der Waals surface area contributed by atoms with Crippen LogP contribution < -0.4 is 0 Å². The van der Waals surface area contributed by atoms with Crippen molar-refractivity contribution >= 4 is 0 Å². The van der Waals surface area contributed by atoms with Crippen LogP contribution in [0.4, 0.5) is 4.39 Å². The lowest BCUT2D eigenvalue weighted by atomic mass is 10.1. The molecular formula is C13H18FNO. The molecule has 1 fully saturated rings. The summed E-state index contributed by atoms with van der Waals surface area (Å²) in [6.45, 7) is 6.54. The highest BCUT2D eigenvalue weighted by Crippen LogP contribution is 2.15. The van der Waals surface area contributed by atoms with Crippen LogP contribution in [0.5, 0.6) is 0 Å². The standard InChI is InChI=1S/C13H18FNO/c1-10-7-15(8-11(2)16-10)9-12-5-3-4-6-13(12)14/h3-6,10-11H,7-9H2,1-2H3/t10-,11-/m0/s1. The summed E-state index contributed by atoms with van der Waals surface area (Å²) in [5.74, 6) is -0.116. The lowest BCUT2D eigenvalue weighted by Gasteiger charge is -2.35. The predicted octanol–water partition coefficient (Wildman–Crippen LogP) is 2.43. The van der Waals surface area contributed by atoms with Crippen LogP contribution in [0.25, 0.3) is 0 Å². The van der Waals surface area contributed by atoms with E-state index in [0.717, 1.165) is 18.7 Å². The van der Waals surface area contributed by atoms with E-state index in [-0.39, 0.29) is 18.0 Å². The number of ether oxygens (including phenoxy) is 1. The van der Waals surface area contributed by atoms with Gasteiger partial charge in [0, 0.05) is 25.2 Å². The number of rotatable bonds is 2. The maximum atomic E-state index is 13.5. The van der Waals surface area contributed by atoms with E-state index in [1.54, 1.807) is 6.07 Å². The molecule has 1 aliphatic rings. The Bertz CT molecular complexity index is 346. The van der Waals surface area contributed by atoms with E-state index in [1.165, 1.54) is 6.07 Å². The zero-order chi connectivity index (χ0) is 11.5. The molecule has 88 valence electrons. The molecule has 0 bridgehead atoms. The molecule has 1 heterocycles. The van der Waals surface area contributed by atoms with E-state index in [0.29, 0.717) is 6.54 Å². The fourth-order valence-electron chi connectivity index (χ4n) is 2.28. The molecule has 16 heavy (non-hydrogen) atoms. The van der Waals surface area contributed by atoms with Gasteiger partial charge in [-0.2, -0.15) is 0 Å². The third-order valence-corrected chi connectivity index (χ3v) is 2.85. The third-order valence-electron chi connectivity index (χ3n) is 2.85. The molecule has 0 unspecified atom stereocenters. The molecule has 0 spiro atoms. The molecule has 2 nitrogen and oxygen atoms in total. The lowest BCUT2D eigenvalue weighted by Crippen LogP contribution is -2.44. The zero-order valence-electron chi connectivity index (χ0n) is 9.82. The van der Waals surface area contributed by atoms with Crippen LogP contribution in [-0.4, -0.2) is 30.2 Å². The number of benzene rings is 1. The molecule has 2 rings (SSSR count). The molecule has 0 radical (unpaired) electrons. The minimum Gasteiger partial charge on any atom is -0.373 e. The van der Waals surface area contributed by atoms with E-state index in [4.69, 9.17) is 4.74 Å². The van der Waals surface area contributed by atoms with Crippen LogP contribution in [0.15, 0.2) is 24.3 Å². The van der Waals surface area contributed by atoms with E-state index in [2.05, 4.69) is 18.7 Å². The van der Waals surface area contributed by atoms with Gasteiger partial charge >= 0.3 is 0 Å². The molecule has 2 atom stereocenters. The Labute approximate surface area is 96.0 Å². The summed E-state index contributed by atoms with van der Waals surface area (Å²) in [6.07, 6.45) is 0.464. The second kappa shape index (κ2) is 4.93. The Morgan fingerprint density at radius 1 is 1.25 bits per heavy atom. The van der Waals surface area contributed by atoms with Gasteiger partial charge in [-0.25, -0.2) is 4.39 Å². The smallest absolute Gasteiger partial charge is 0.127 e. The van der Waals surface area contributed by atoms with Crippen molar-refractivity contribution in [2.45, 2.75) is 32.6 Å². The second-order valence-electron chi connectivity index (χ2n) is 4.54. The minimum absolute atomic E-state index is 0.116. The van der Waals surface area contributed by atoms with Gasteiger partial charge in [-0.05, 0) is 19.9 Å². The second-order valence-corrected chi connectivity index (χ2v) is 4.54. The van der Waals surface area contributed by atoms with Crippen molar-refractivity contribution in [1.82, 2.24) is 4.90 Å². The van der Waals surface area contributed by atoms with Crippen molar-refractivity contribution in [2.75, 3.05) is 13.1 Å². The number of morpholine rings is 1. The topological polar surface area (TPSA) is 12.5 Å². The number of halogens is 1. The van der Waals surface area contributed by atoms with E-state index < -0.39 is 0 Å². The highest BCUT2D eigenvalue weighted by molar-refractivity contribution is 5.17. The van der Waals surface area contributed by atoms with Crippen molar-refractivity contribution in [3.8, 4) is 0 Å². The first-order chi connectivity index (χ1) is 7.65. The van der Waals surface area contributed by atoms with Gasteiger partial charge in [0.15, 0.2) is 0 Å². The van der Waals surface area contributed by atoms with Crippen LogP contribution in [0.2, 0.25) is 0 Å². The fraction of sp³-hybridized carbons (Fsp3) is 0.538. The van der Waals surface area contributed by atoms with Gasteiger partial charge in [-0.3, -0.25) is 4.90 Å². The van der Waals surface area contributed by atoms with Crippen molar-refractivity contribution in [2.24, 2.45) is 0 Å². The largest absolute Gasteiger partial charge is 0.373 e. The van der Waals surface area contributed by atoms with Gasteiger partial charge in [0.1, 0.15) is 5.82 Å². The van der Waals surface area contributed by atoms with E-state index in [9.17, 15) is 4.39 Å². The number of nitrogens with zero attached hydrogens (tertiary/aromatic N) is 1. The van der Waals surface area contributed by atoms with E-state index >= 15 is 0 Å². The van der Waals surface area contributed by atoms with Crippen molar-refractivity contribution in [3.63, 3.8) is 0 Å². The average molecular weight is 223 g/mol. The van der Waals surface area contributed by atoms with Crippen LogP contribution in [0.3, 0.4) is 0 Å². The molecular weight excluding hydrogens is 205 g/mol. The van der Waals surface area contributed by atoms with Crippen LogP contribution in [0.1, 0.15) is 19.4 Å². The summed E-state index contributed by atoms with van der Waals surface area (Å²) in [5.41, 5.74) is 0.767. The quantitative estimate of drug-likeness (QED) is 0.763. The van der Waals surface area contributed by atoms with Gasteiger partial charge in [-0.1, -0.05) is 18.2 Å². The maximum absolute atomic E-state index is 13.5. The van der Waals surface area contributed by atoms with Crippen molar-refractivity contribution < 1.29 is 9.13 Å². The lowest BCUT2D eigenvalue weighted by molar-refractivity contribution is -0.0707. The Morgan fingerprint density at radius 2 is 1.88 bits per heavy atom. The Balaban J connectivity index is 2.02. The summed E-state index contributed by atoms with van der Waals surface area (Å²) < 4.78 is 19.1. The first-order valence-corrected chi connectivity index (χ1v) is 5.76. The SMILES string of the molecule is C[C@H]1CN(Cc2ccccc2F)C[C@H](C)O1. The predicted molar refractivity (Wildman–Crippen MR) is 61.7 cm³/mol. The third kappa shape index (κ3) is 2.80. The molecule has 0 aliphatic carbocycles. The summed E-state index contributed by atoms with van der Waals surface area (Å²) in [6, 6.07) is 6.97. The normalized spacial score (nSPS) is 26.9. The highest BCUT2D eigenvalue weighted by Gasteiger charge is 2.22. The van der Waals surface area contributed by atoms with Crippen LogP contribution in [-0.2, 0) is 11.3 Å². The van der Waals surface area contributed by atoms with Gasteiger partial charge in [0.05, 0.1) is 12.2 Å². The molecule has 0 amide bonds. The molecule has 1 aromatic carbocycles. The van der Waals surface area contributed by atoms with Crippen LogP contribution in [0, 0.1) is 5.82 Å². The monoisotopic (exact) mass is 223 g/mol. The molecule has 1 saturated heterocycles. The first kappa shape index (κ1) is 11.6. The number of hydrogen-bond acceptors (Lipinski definition) is 2. The Kier molecular flexibility index (Phi) is 3.56. The Morgan fingerprint density at radius 3 is 2.50 bits per heavy atom. The van der Waals surface area contributed by atoms with Gasteiger partial charge in [0.25, 0.3) is 0 Å². The Hall–Kier alpha value is -0.930. The molecule has 1 aliphatic heterocycles. The maximum Gasteiger partial charge on any atom is 0.127 e. The molecule has 0 aromatic heterocycles. The van der Waals surface area contributed by atoms with Gasteiger partial charge in [0.2, 0.25) is 0 Å².